The maximum Gasteiger partial charge on any atom is 0.469 e. The number of phosphoric acid groups is 1. The summed E-state index contributed by atoms with van der Waals surface area (Å²) in [5.74, 6) is -1.89. The minimum Gasteiger partial charge on any atom is -0.478 e. The van der Waals surface area contributed by atoms with Crippen LogP contribution in [0.5, 0.6) is 0 Å². The highest BCUT2D eigenvalue weighted by Gasteiger charge is 2.28. The normalized spacial score (nSPS) is 14.1. The monoisotopic (exact) mass is 349 g/mol. The molecule has 128 valence electrons. The Morgan fingerprint density at radius 2 is 1.91 bits per heavy atom. The largest absolute Gasteiger partial charge is 0.478 e. The van der Waals surface area contributed by atoms with Gasteiger partial charge < -0.3 is 20.0 Å². The number of anilines is 1. The molecule has 0 aliphatic carbocycles. The van der Waals surface area contributed by atoms with Crippen molar-refractivity contribution in [1.29, 1.82) is 0 Å². The zero-order chi connectivity index (χ0) is 17.6. The summed E-state index contributed by atoms with van der Waals surface area (Å²) < 4.78 is 14.7. The lowest BCUT2D eigenvalue weighted by molar-refractivity contribution is -0.135. The van der Waals surface area contributed by atoms with Gasteiger partial charge in [-0.2, -0.15) is 0 Å². The summed E-state index contributed by atoms with van der Waals surface area (Å²) in [5, 5.41) is 18.7. The van der Waals surface area contributed by atoms with Gasteiger partial charge in [0.1, 0.15) is 6.10 Å². The average molecular weight is 349 g/mol. The van der Waals surface area contributed by atoms with E-state index < -0.39 is 38.4 Å². The number of aliphatic hydroxyl groups is 1. The second-order valence-corrected chi connectivity index (χ2v) is 5.69. The number of nitrogens with one attached hydrogen (secondary N) is 1. The van der Waals surface area contributed by atoms with E-state index in [1.165, 1.54) is 24.3 Å². The molecule has 0 heterocycles. The Labute approximate surface area is 130 Å². The number of aliphatic hydroxyl groups excluding tert-OH is 1. The molecule has 23 heavy (non-hydrogen) atoms. The van der Waals surface area contributed by atoms with E-state index in [0.29, 0.717) is 0 Å². The summed E-state index contributed by atoms with van der Waals surface area (Å²) in [4.78, 5) is 44.6. The lowest BCUT2D eigenvalue weighted by Gasteiger charge is -2.21. The molecule has 1 aromatic carbocycles. The van der Waals surface area contributed by atoms with Gasteiger partial charge in [0.05, 0.1) is 17.9 Å². The van der Waals surface area contributed by atoms with Crippen molar-refractivity contribution < 1.29 is 43.5 Å². The molecule has 5 N–H and O–H groups in total. The van der Waals surface area contributed by atoms with Crippen molar-refractivity contribution in [2.75, 3.05) is 12.1 Å². The molecule has 0 saturated carbocycles. The average Bonchev–Trinajstić information content (AvgIpc) is 2.44. The summed E-state index contributed by atoms with van der Waals surface area (Å²) in [6.07, 6.45) is -3.20. The summed E-state index contributed by atoms with van der Waals surface area (Å²) in [6.45, 7) is 0.229. The number of carbonyl (C=O) groups is 2. The van der Waals surface area contributed by atoms with Gasteiger partial charge in [-0.15, -0.1) is 0 Å². The second kappa shape index (κ2) is 8.16. The minimum absolute atomic E-state index is 0.0364. The molecule has 0 radical (unpaired) electrons. The fraction of sp³-hybridized carbons (Fsp3) is 0.333. The Morgan fingerprint density at radius 1 is 1.30 bits per heavy atom. The van der Waals surface area contributed by atoms with E-state index in [1.807, 2.05) is 0 Å². The molecule has 0 fully saturated rings. The zero-order valence-electron chi connectivity index (χ0n) is 11.9. The number of carboxylic acid groups (broad SMARTS) is 1. The van der Waals surface area contributed by atoms with Crippen molar-refractivity contribution in [3.8, 4) is 0 Å². The fourth-order valence-corrected chi connectivity index (χ4v) is 1.93. The smallest absolute Gasteiger partial charge is 0.469 e. The van der Waals surface area contributed by atoms with E-state index in [0.717, 1.165) is 6.92 Å². The predicted molar refractivity (Wildman–Crippen MR) is 76.6 cm³/mol. The number of benzene rings is 1. The van der Waals surface area contributed by atoms with E-state index in [4.69, 9.17) is 19.7 Å². The summed E-state index contributed by atoms with van der Waals surface area (Å²) in [6, 6.07) is 5.68. The van der Waals surface area contributed by atoms with Crippen molar-refractivity contribution in [3.05, 3.63) is 29.8 Å². The van der Waals surface area contributed by atoms with Crippen LogP contribution in [0.2, 0.25) is 0 Å². The molecular formula is C12H16NO9P. The highest BCUT2D eigenvalue weighted by molar-refractivity contribution is 7.46. The fourth-order valence-electron chi connectivity index (χ4n) is 1.58. The quantitative estimate of drug-likeness (QED) is 0.306. The number of ketones is 1. The number of para-hydroxylation sites is 1. The van der Waals surface area contributed by atoms with Crippen molar-refractivity contribution in [2.24, 2.45) is 0 Å². The lowest BCUT2D eigenvalue weighted by atomic mass is 10.1. The Kier molecular flexibility index (Phi) is 6.82. The van der Waals surface area contributed by atoms with Gasteiger partial charge in [-0.25, -0.2) is 9.36 Å². The molecule has 0 saturated heterocycles. The maximum absolute atomic E-state index is 11.5. The van der Waals surface area contributed by atoms with E-state index in [1.54, 1.807) is 0 Å². The molecule has 1 aromatic rings. The number of rotatable bonds is 9. The molecule has 0 aliphatic rings. The van der Waals surface area contributed by atoms with Gasteiger partial charge in [0, 0.05) is 0 Å². The van der Waals surface area contributed by atoms with E-state index in [-0.39, 0.29) is 11.3 Å². The van der Waals surface area contributed by atoms with Crippen LogP contribution in [0.25, 0.3) is 0 Å². The summed E-state index contributed by atoms with van der Waals surface area (Å²) >= 11 is 0. The van der Waals surface area contributed by atoms with Gasteiger partial charge >= 0.3 is 13.8 Å². The van der Waals surface area contributed by atoms with E-state index in [2.05, 4.69) is 10.0 Å². The van der Waals surface area contributed by atoms with Gasteiger partial charge in [0.15, 0.2) is 11.9 Å². The third kappa shape index (κ3) is 6.45. The molecule has 0 spiro atoms. The van der Waals surface area contributed by atoms with Crippen molar-refractivity contribution in [3.63, 3.8) is 0 Å². The molecule has 0 amide bonds. The van der Waals surface area contributed by atoms with Crippen LogP contribution in [0.15, 0.2) is 24.3 Å². The van der Waals surface area contributed by atoms with E-state index >= 15 is 0 Å². The van der Waals surface area contributed by atoms with E-state index in [9.17, 15) is 19.3 Å². The molecule has 0 bridgehead atoms. The molecule has 10 nitrogen and oxygen atoms in total. The molecule has 2 atom stereocenters. The first-order valence-corrected chi connectivity index (χ1v) is 7.77. The highest BCUT2D eigenvalue weighted by atomic mass is 31.2. The third-order valence-electron chi connectivity index (χ3n) is 2.62. The Morgan fingerprint density at radius 3 is 2.43 bits per heavy atom. The number of carboxylic acids is 1. The summed E-state index contributed by atoms with van der Waals surface area (Å²) in [5.41, 5.74) is 2.15. The van der Waals surface area contributed by atoms with Crippen LogP contribution in [0.3, 0.4) is 0 Å². The van der Waals surface area contributed by atoms with Crippen molar-refractivity contribution >= 4 is 25.3 Å². The lowest BCUT2D eigenvalue weighted by Crippen LogP contribution is -2.39. The first-order valence-electron chi connectivity index (χ1n) is 6.24. The van der Waals surface area contributed by atoms with Crippen LogP contribution in [-0.4, -0.2) is 50.6 Å². The standard InChI is InChI=1S/C12H16NO9P/c1-7(14)11(10(15)6-21-23(18,19)20)22-13-9-5-3-2-4-8(9)12(16)17/h2-5,10-11,13,15H,6H2,1H3,(H,16,17)(H2,18,19,20)/t10-,11+/m1/s1. The SMILES string of the molecule is CC(=O)[C@H](ONc1ccccc1C(=O)O)[C@H](O)COP(=O)(O)O. The molecule has 1 rings (SSSR count). The number of aromatic carboxylic acids is 1. The van der Waals surface area contributed by atoms with Crippen LogP contribution in [0, 0.1) is 0 Å². The second-order valence-electron chi connectivity index (χ2n) is 4.46. The first-order chi connectivity index (χ1) is 10.6. The minimum atomic E-state index is -4.81. The Bertz CT molecular complexity index is 614. The van der Waals surface area contributed by atoms with Gasteiger partial charge in [0.25, 0.3) is 0 Å². The zero-order valence-corrected chi connectivity index (χ0v) is 12.8. The predicted octanol–water partition coefficient (Wildman–Crippen LogP) is 0.156. The van der Waals surface area contributed by atoms with Crippen molar-refractivity contribution in [2.45, 2.75) is 19.1 Å². The van der Waals surface area contributed by atoms with Crippen LogP contribution >= 0.6 is 7.82 Å². The molecule has 11 heteroatoms. The number of Topliss-reactive ketones (excluding diaryl/α,β-unsaturated/α-hetero) is 1. The van der Waals surface area contributed by atoms with Crippen LogP contribution < -0.4 is 5.48 Å². The molecular weight excluding hydrogens is 333 g/mol. The van der Waals surface area contributed by atoms with Gasteiger partial charge in [-0.3, -0.25) is 19.6 Å². The van der Waals surface area contributed by atoms with Crippen LogP contribution in [0.1, 0.15) is 17.3 Å². The number of phosphoric ester groups is 1. The van der Waals surface area contributed by atoms with Crippen LogP contribution in [-0.2, 0) is 18.7 Å². The van der Waals surface area contributed by atoms with Gasteiger partial charge in [0.2, 0.25) is 0 Å². The van der Waals surface area contributed by atoms with Crippen molar-refractivity contribution in [1.82, 2.24) is 0 Å². The Balaban J connectivity index is 2.76. The highest BCUT2D eigenvalue weighted by Crippen LogP contribution is 2.35. The third-order valence-corrected chi connectivity index (χ3v) is 3.10. The molecule has 0 aromatic heterocycles. The molecule has 0 aliphatic heterocycles. The molecule has 0 unspecified atom stereocenters. The van der Waals surface area contributed by atoms with Gasteiger partial charge in [-0.05, 0) is 19.1 Å². The van der Waals surface area contributed by atoms with Gasteiger partial charge in [-0.1, -0.05) is 12.1 Å². The van der Waals surface area contributed by atoms with Crippen LogP contribution in [0.4, 0.5) is 5.69 Å². The number of carbonyl (C=O) groups excluding carboxylic acids is 1. The number of hydrogen-bond acceptors (Lipinski definition) is 7. The maximum atomic E-state index is 11.5. The summed E-state index contributed by atoms with van der Waals surface area (Å²) in [7, 11) is -4.81. The Hall–Kier alpha value is -1.81. The number of hydrogen-bond donors (Lipinski definition) is 5. The first kappa shape index (κ1) is 19.2. The topological polar surface area (TPSA) is 163 Å².